The fourth-order valence-corrected chi connectivity index (χ4v) is 5.16. The van der Waals surface area contributed by atoms with Crippen molar-refractivity contribution in [2.24, 2.45) is 0 Å². The summed E-state index contributed by atoms with van der Waals surface area (Å²) in [4.78, 5) is 13.2. The summed E-state index contributed by atoms with van der Waals surface area (Å²) in [5.74, 6) is 3.02. The van der Waals surface area contributed by atoms with Crippen LogP contribution in [0.2, 0.25) is 0 Å². The van der Waals surface area contributed by atoms with E-state index in [1.54, 1.807) is 10.8 Å². The van der Waals surface area contributed by atoms with E-state index in [-0.39, 0.29) is 11.9 Å². The van der Waals surface area contributed by atoms with E-state index in [0.717, 1.165) is 45.6 Å². The molecular weight excluding hydrogens is 542 g/mol. The van der Waals surface area contributed by atoms with Crippen LogP contribution in [0.4, 0.5) is 11.5 Å². The summed E-state index contributed by atoms with van der Waals surface area (Å²) >= 11 is 0. The first-order chi connectivity index (χ1) is 19.8. The standard InChI is InChI=1S/C29H29N7O4S/c1-19-13-21(4-7-26(19)39-22-9-11-36-28(15-22)32-18-34-36)35-29-24-14-20(3-6-25(24)31-17-33-29)27-8-5-23(40-27)16-30-10-12-41(2,37)38/h3-7,9,11,13-15,17-18,27,30H,8,10,12,16H2,1-2H3,(H,31,33,35). The summed E-state index contributed by atoms with van der Waals surface area (Å²) in [7, 11) is -3.00. The molecule has 0 saturated carbocycles. The van der Waals surface area contributed by atoms with Crippen molar-refractivity contribution in [2.45, 2.75) is 19.4 Å². The van der Waals surface area contributed by atoms with Crippen molar-refractivity contribution in [3.63, 3.8) is 0 Å². The van der Waals surface area contributed by atoms with Gasteiger partial charge in [0.1, 0.15) is 51.7 Å². The van der Waals surface area contributed by atoms with Crippen LogP contribution in [-0.2, 0) is 14.6 Å². The van der Waals surface area contributed by atoms with E-state index in [4.69, 9.17) is 9.47 Å². The Labute approximate surface area is 237 Å². The van der Waals surface area contributed by atoms with Gasteiger partial charge in [0.15, 0.2) is 5.65 Å². The number of aryl methyl sites for hydroxylation is 1. The number of aromatic nitrogens is 5. The van der Waals surface area contributed by atoms with Crippen molar-refractivity contribution in [3.05, 3.63) is 90.3 Å². The van der Waals surface area contributed by atoms with Gasteiger partial charge in [-0.3, -0.25) is 0 Å². The Morgan fingerprint density at radius 2 is 1.98 bits per heavy atom. The minimum atomic E-state index is -3.00. The zero-order valence-corrected chi connectivity index (χ0v) is 23.4. The second-order valence-corrected chi connectivity index (χ2v) is 12.2. The lowest BCUT2D eigenvalue weighted by molar-refractivity contribution is 0.141. The van der Waals surface area contributed by atoms with Crippen molar-refractivity contribution >= 4 is 37.9 Å². The highest BCUT2D eigenvalue weighted by molar-refractivity contribution is 7.90. The third kappa shape index (κ3) is 6.28. The van der Waals surface area contributed by atoms with Gasteiger partial charge in [-0.1, -0.05) is 6.07 Å². The topological polar surface area (TPSA) is 133 Å². The van der Waals surface area contributed by atoms with E-state index in [0.29, 0.717) is 30.3 Å². The van der Waals surface area contributed by atoms with Gasteiger partial charge in [-0.05, 0) is 60.5 Å². The highest BCUT2D eigenvalue weighted by Crippen LogP contribution is 2.34. The van der Waals surface area contributed by atoms with Crippen molar-refractivity contribution in [1.29, 1.82) is 0 Å². The molecule has 0 spiro atoms. The number of sulfone groups is 1. The summed E-state index contributed by atoms with van der Waals surface area (Å²) in [6, 6.07) is 15.6. The zero-order valence-electron chi connectivity index (χ0n) is 22.6. The molecule has 5 aromatic rings. The van der Waals surface area contributed by atoms with E-state index < -0.39 is 9.84 Å². The van der Waals surface area contributed by atoms with Crippen LogP contribution < -0.4 is 15.4 Å². The van der Waals surface area contributed by atoms with Gasteiger partial charge in [0.2, 0.25) is 0 Å². The predicted molar refractivity (Wildman–Crippen MR) is 156 cm³/mol. The number of fused-ring (bicyclic) bond motifs is 2. The Bertz CT molecular complexity index is 1870. The second-order valence-electron chi connectivity index (χ2n) is 9.95. The molecule has 0 amide bonds. The number of hydrogen-bond acceptors (Lipinski definition) is 10. The number of benzene rings is 2. The lowest BCUT2D eigenvalue weighted by atomic mass is 10.0. The molecule has 1 unspecified atom stereocenters. The Morgan fingerprint density at radius 1 is 1.07 bits per heavy atom. The summed E-state index contributed by atoms with van der Waals surface area (Å²) in [5, 5.41) is 11.6. The molecule has 41 heavy (non-hydrogen) atoms. The minimum absolute atomic E-state index is 0.0969. The lowest BCUT2D eigenvalue weighted by Crippen LogP contribution is -2.24. The minimum Gasteiger partial charge on any atom is -0.489 e. The number of pyridine rings is 1. The number of anilines is 2. The van der Waals surface area contributed by atoms with Gasteiger partial charge < -0.3 is 20.1 Å². The maximum absolute atomic E-state index is 11.3. The Hall–Kier alpha value is -4.55. The highest BCUT2D eigenvalue weighted by Gasteiger charge is 2.21. The molecule has 0 saturated heterocycles. The molecule has 0 aliphatic carbocycles. The van der Waals surface area contributed by atoms with Crippen LogP contribution in [0.5, 0.6) is 11.5 Å². The molecule has 4 heterocycles. The lowest BCUT2D eigenvalue weighted by Gasteiger charge is -2.16. The monoisotopic (exact) mass is 571 g/mol. The van der Waals surface area contributed by atoms with E-state index in [2.05, 4.69) is 36.8 Å². The molecule has 6 rings (SSSR count). The molecule has 11 nitrogen and oxygen atoms in total. The Morgan fingerprint density at radius 3 is 2.83 bits per heavy atom. The first kappa shape index (κ1) is 26.7. The SMILES string of the molecule is Cc1cc(Nc2ncnc3ccc(C4CC=C(CNCCS(C)(=O)=O)O4)cc23)ccc1Oc1ccn2ncnc2c1. The van der Waals surface area contributed by atoms with Crippen molar-refractivity contribution in [1.82, 2.24) is 29.9 Å². The third-order valence-corrected chi connectivity index (χ3v) is 7.70. The van der Waals surface area contributed by atoms with E-state index >= 15 is 0 Å². The highest BCUT2D eigenvalue weighted by atomic mass is 32.2. The summed E-state index contributed by atoms with van der Waals surface area (Å²) in [5.41, 5.74) is 4.38. The van der Waals surface area contributed by atoms with Gasteiger partial charge in [0.25, 0.3) is 0 Å². The smallest absolute Gasteiger partial charge is 0.158 e. The molecule has 2 N–H and O–H groups in total. The first-order valence-corrected chi connectivity index (χ1v) is 15.2. The largest absolute Gasteiger partial charge is 0.489 e. The predicted octanol–water partition coefficient (Wildman–Crippen LogP) is 4.50. The number of nitrogens with one attached hydrogen (secondary N) is 2. The quantitative estimate of drug-likeness (QED) is 0.231. The van der Waals surface area contributed by atoms with Crippen LogP contribution in [0.3, 0.4) is 0 Å². The molecule has 1 aliphatic heterocycles. The van der Waals surface area contributed by atoms with Crippen molar-refractivity contribution in [2.75, 3.05) is 30.4 Å². The van der Waals surface area contributed by atoms with Crippen molar-refractivity contribution < 1.29 is 17.9 Å². The van der Waals surface area contributed by atoms with Gasteiger partial charge in [-0.15, -0.1) is 0 Å². The number of ether oxygens (including phenoxy) is 2. The average molecular weight is 572 g/mol. The number of nitrogens with zero attached hydrogens (tertiary/aromatic N) is 5. The summed E-state index contributed by atoms with van der Waals surface area (Å²) in [6.07, 6.45) is 8.73. The molecule has 3 aromatic heterocycles. The van der Waals surface area contributed by atoms with Gasteiger partial charge in [-0.2, -0.15) is 5.10 Å². The fourth-order valence-electron chi connectivity index (χ4n) is 4.64. The zero-order chi connectivity index (χ0) is 28.4. The van der Waals surface area contributed by atoms with Gasteiger partial charge >= 0.3 is 0 Å². The third-order valence-electron chi connectivity index (χ3n) is 6.75. The van der Waals surface area contributed by atoms with Crippen molar-refractivity contribution in [3.8, 4) is 11.5 Å². The van der Waals surface area contributed by atoms with Gasteiger partial charge in [0.05, 0.1) is 17.8 Å². The van der Waals surface area contributed by atoms with Crippen LogP contribution in [0.1, 0.15) is 23.7 Å². The summed E-state index contributed by atoms with van der Waals surface area (Å²) < 4.78 is 36.6. The molecular formula is C29H29N7O4S. The van der Waals surface area contributed by atoms with Crippen LogP contribution >= 0.6 is 0 Å². The molecule has 0 fully saturated rings. The number of hydrogen-bond donors (Lipinski definition) is 2. The summed E-state index contributed by atoms with van der Waals surface area (Å²) in [6.45, 7) is 2.87. The molecule has 210 valence electrons. The maximum atomic E-state index is 11.3. The molecule has 0 bridgehead atoms. The molecule has 12 heteroatoms. The van der Waals surface area contributed by atoms with Crippen LogP contribution in [0.15, 0.2) is 79.2 Å². The van der Waals surface area contributed by atoms with Crippen LogP contribution in [-0.4, -0.2) is 58.1 Å². The fraction of sp³-hybridized carbons (Fsp3) is 0.241. The number of rotatable bonds is 10. The van der Waals surface area contributed by atoms with Crippen LogP contribution in [0.25, 0.3) is 16.6 Å². The normalized spacial score (nSPS) is 15.2. The van der Waals surface area contributed by atoms with Gasteiger partial charge in [-0.25, -0.2) is 27.9 Å². The van der Waals surface area contributed by atoms with Crippen LogP contribution in [0, 0.1) is 6.92 Å². The molecule has 1 atom stereocenters. The van der Waals surface area contributed by atoms with E-state index in [9.17, 15) is 8.42 Å². The Balaban J connectivity index is 1.14. The first-order valence-electron chi connectivity index (χ1n) is 13.1. The van der Waals surface area contributed by atoms with Gasteiger partial charge in [0, 0.05) is 42.6 Å². The second kappa shape index (κ2) is 11.1. The Kier molecular flexibility index (Phi) is 7.25. The average Bonchev–Trinajstić information content (AvgIpc) is 3.62. The van der Waals surface area contributed by atoms with E-state index in [1.165, 1.54) is 12.6 Å². The molecule has 2 aromatic carbocycles. The van der Waals surface area contributed by atoms with E-state index in [1.807, 2.05) is 61.7 Å². The molecule has 0 radical (unpaired) electrons. The molecule has 1 aliphatic rings. The maximum Gasteiger partial charge on any atom is 0.158 e.